The van der Waals surface area contributed by atoms with Crippen molar-refractivity contribution in [3.8, 4) is 0 Å². The molecule has 0 spiro atoms. The second kappa shape index (κ2) is 8.19. The topological polar surface area (TPSA) is 0 Å². The Morgan fingerprint density at radius 1 is 1.20 bits per heavy atom. The summed E-state index contributed by atoms with van der Waals surface area (Å²) in [4.78, 5) is 0.541. The number of halogens is 1. The van der Waals surface area contributed by atoms with E-state index in [1.807, 2.05) is 0 Å². The molecule has 1 aromatic rings. The first-order valence-electron chi connectivity index (χ1n) is 7.80. The van der Waals surface area contributed by atoms with E-state index in [9.17, 15) is 0 Å². The molecule has 0 aliphatic heterocycles. The van der Waals surface area contributed by atoms with Crippen LogP contribution in [0.5, 0.6) is 0 Å². The Bertz CT molecular complexity index is 420. The molecule has 0 saturated carbocycles. The van der Waals surface area contributed by atoms with Crippen molar-refractivity contribution in [1.82, 2.24) is 0 Å². The van der Waals surface area contributed by atoms with Gasteiger partial charge in [-0.15, -0.1) is 0 Å². The average Bonchev–Trinajstić information content (AvgIpc) is 2.43. The number of benzene rings is 1. The van der Waals surface area contributed by atoms with E-state index in [2.05, 4.69) is 86.2 Å². The highest BCUT2D eigenvalue weighted by molar-refractivity contribution is 9.09. The van der Waals surface area contributed by atoms with Crippen LogP contribution in [0.4, 0.5) is 0 Å². The molecule has 0 aliphatic rings. The summed E-state index contributed by atoms with van der Waals surface area (Å²) in [6.07, 6.45) is 6.39. The molecule has 1 rings (SSSR count). The maximum Gasteiger partial charge on any atom is 0.107 e. The van der Waals surface area contributed by atoms with E-state index >= 15 is 0 Å². The predicted octanol–water partition coefficient (Wildman–Crippen LogP) is 5.68. The van der Waals surface area contributed by atoms with Crippen LogP contribution in [-0.2, 0) is 0 Å². The van der Waals surface area contributed by atoms with Gasteiger partial charge in [0.1, 0.15) is 8.07 Å². The van der Waals surface area contributed by atoms with E-state index in [-0.39, 0.29) is 0 Å². The second-order valence-electron chi connectivity index (χ2n) is 6.32. The Labute approximate surface area is 134 Å². The van der Waals surface area contributed by atoms with Crippen LogP contribution < -0.4 is 5.19 Å². The van der Waals surface area contributed by atoms with E-state index in [0.717, 1.165) is 0 Å². The molecule has 2 heteroatoms. The molecule has 0 amide bonds. The summed E-state index contributed by atoms with van der Waals surface area (Å²) in [6.45, 7) is 11.8. The molecule has 0 bridgehead atoms. The van der Waals surface area contributed by atoms with Gasteiger partial charge in [-0.1, -0.05) is 109 Å². The molecule has 112 valence electrons. The number of allylic oxidation sites excluding steroid dienone is 2. The highest BCUT2D eigenvalue weighted by Gasteiger charge is 2.28. The van der Waals surface area contributed by atoms with Crippen LogP contribution in [0.25, 0.3) is 0 Å². The summed E-state index contributed by atoms with van der Waals surface area (Å²) < 4.78 is 0. The fourth-order valence-electron chi connectivity index (χ4n) is 2.46. The van der Waals surface area contributed by atoms with E-state index < -0.39 is 8.07 Å². The molecule has 0 unspecified atom stereocenters. The van der Waals surface area contributed by atoms with Gasteiger partial charge in [-0.3, -0.25) is 0 Å². The van der Waals surface area contributed by atoms with Gasteiger partial charge >= 0.3 is 0 Å². The summed E-state index contributed by atoms with van der Waals surface area (Å²) in [7, 11) is -1.51. The lowest BCUT2D eigenvalue weighted by Crippen LogP contribution is -2.44. The normalized spacial score (nSPS) is 16.0. The van der Waals surface area contributed by atoms with Gasteiger partial charge in [-0.2, -0.15) is 0 Å². The third kappa shape index (κ3) is 4.89. The molecular formula is C18H29BrSi. The zero-order valence-corrected chi connectivity index (χ0v) is 16.2. The van der Waals surface area contributed by atoms with Gasteiger partial charge in [-0.25, -0.2) is 0 Å². The van der Waals surface area contributed by atoms with Crippen LogP contribution in [0.1, 0.15) is 40.0 Å². The minimum atomic E-state index is -1.51. The van der Waals surface area contributed by atoms with Gasteiger partial charge in [0.2, 0.25) is 0 Å². The van der Waals surface area contributed by atoms with Crippen LogP contribution in [0, 0.1) is 5.92 Å². The summed E-state index contributed by atoms with van der Waals surface area (Å²) in [5.74, 6) is 0.595. The van der Waals surface area contributed by atoms with Crippen molar-refractivity contribution < 1.29 is 0 Å². The van der Waals surface area contributed by atoms with Crippen LogP contribution in [0.3, 0.4) is 0 Å². The van der Waals surface area contributed by atoms with Crippen molar-refractivity contribution >= 4 is 29.2 Å². The first-order chi connectivity index (χ1) is 9.39. The van der Waals surface area contributed by atoms with Gasteiger partial charge in [0.15, 0.2) is 0 Å². The second-order valence-corrected chi connectivity index (χ2v) is 12.2. The third-order valence-electron chi connectivity index (χ3n) is 4.29. The zero-order valence-electron chi connectivity index (χ0n) is 13.6. The van der Waals surface area contributed by atoms with Crippen LogP contribution in [-0.4, -0.2) is 12.9 Å². The Morgan fingerprint density at radius 3 is 2.30 bits per heavy atom. The van der Waals surface area contributed by atoms with Crippen LogP contribution in [0.2, 0.25) is 13.1 Å². The molecule has 0 aliphatic carbocycles. The lowest BCUT2D eigenvalue weighted by Gasteiger charge is -2.28. The maximum atomic E-state index is 3.73. The van der Waals surface area contributed by atoms with Crippen molar-refractivity contribution in [3.63, 3.8) is 0 Å². The maximum absolute atomic E-state index is 3.73. The molecule has 2 atom stereocenters. The largest absolute Gasteiger partial charge is 0.107 e. The summed E-state index contributed by atoms with van der Waals surface area (Å²) in [5.41, 5.74) is 0. The molecule has 20 heavy (non-hydrogen) atoms. The summed E-state index contributed by atoms with van der Waals surface area (Å²) in [5, 5.41) is 3.26. The number of unbranched alkanes of at least 4 members (excludes halogenated alkanes) is 1. The third-order valence-corrected chi connectivity index (χ3v) is 8.92. The first-order valence-corrected chi connectivity index (χ1v) is 11.7. The molecule has 0 radical (unpaired) electrons. The molecule has 0 heterocycles. The van der Waals surface area contributed by atoms with Gasteiger partial charge in [0.25, 0.3) is 0 Å². The average molecular weight is 353 g/mol. The smallest absolute Gasteiger partial charge is 0.0887 e. The van der Waals surface area contributed by atoms with Crippen LogP contribution >= 0.6 is 15.9 Å². The van der Waals surface area contributed by atoms with Gasteiger partial charge < -0.3 is 0 Å². The highest BCUT2D eigenvalue weighted by Crippen LogP contribution is 2.25. The fourth-order valence-corrected chi connectivity index (χ4v) is 5.49. The van der Waals surface area contributed by atoms with Crippen molar-refractivity contribution in [2.45, 2.75) is 58.0 Å². The van der Waals surface area contributed by atoms with E-state index in [0.29, 0.717) is 10.7 Å². The quantitative estimate of drug-likeness (QED) is 0.437. The monoisotopic (exact) mass is 352 g/mol. The van der Waals surface area contributed by atoms with Crippen molar-refractivity contribution in [3.05, 3.63) is 41.6 Å². The van der Waals surface area contributed by atoms with Crippen LogP contribution in [0.15, 0.2) is 41.6 Å². The molecule has 0 nitrogen and oxygen atoms in total. The molecule has 0 N–H and O–H groups in total. The fraction of sp³-hybridized carbons (Fsp3) is 0.556. The Balaban J connectivity index is 3.09. The van der Waals surface area contributed by atoms with E-state index in [1.165, 1.54) is 19.3 Å². The summed E-state index contributed by atoms with van der Waals surface area (Å²) >= 11 is 3.73. The Morgan fingerprint density at radius 2 is 1.80 bits per heavy atom. The molecule has 0 saturated heterocycles. The molecule has 0 aromatic heterocycles. The van der Waals surface area contributed by atoms with Gasteiger partial charge in [0, 0.05) is 4.83 Å². The molecule has 0 fully saturated rings. The number of rotatable bonds is 7. The number of hydrogen-bond donors (Lipinski definition) is 0. The predicted molar refractivity (Wildman–Crippen MR) is 98.7 cm³/mol. The Hall–Kier alpha value is -0.343. The van der Waals surface area contributed by atoms with Crippen molar-refractivity contribution in [2.24, 2.45) is 5.92 Å². The first kappa shape index (κ1) is 17.7. The van der Waals surface area contributed by atoms with Gasteiger partial charge in [0.05, 0.1) is 0 Å². The number of hydrogen-bond acceptors (Lipinski definition) is 0. The SMILES string of the molecule is CCCC/C(=C\[C@H](C)[C@H](C)Br)[Si](C)(C)c1ccccc1. The lowest BCUT2D eigenvalue weighted by atomic mass is 10.1. The zero-order chi connectivity index (χ0) is 15.2. The minimum absolute atomic E-state index is 0.541. The lowest BCUT2D eigenvalue weighted by molar-refractivity contribution is 0.712. The summed E-state index contributed by atoms with van der Waals surface area (Å²) in [6, 6.07) is 11.1. The van der Waals surface area contributed by atoms with E-state index in [4.69, 9.17) is 0 Å². The minimum Gasteiger partial charge on any atom is -0.0887 e. The number of alkyl halides is 1. The van der Waals surface area contributed by atoms with Gasteiger partial charge in [-0.05, 0) is 12.3 Å². The highest BCUT2D eigenvalue weighted by atomic mass is 79.9. The molecule has 1 aromatic carbocycles. The van der Waals surface area contributed by atoms with Crippen molar-refractivity contribution in [1.29, 1.82) is 0 Å². The van der Waals surface area contributed by atoms with Crippen molar-refractivity contribution in [2.75, 3.05) is 0 Å². The Kier molecular flexibility index (Phi) is 7.25. The van der Waals surface area contributed by atoms with E-state index in [1.54, 1.807) is 10.4 Å². The molecular weight excluding hydrogens is 324 g/mol. The standard InChI is InChI=1S/C18H29BrSi/c1-6-7-11-18(14-15(2)16(3)19)20(4,5)17-12-9-8-10-13-17/h8-10,12-16H,6-7,11H2,1-5H3/b18-14+/t15-,16-/m0/s1.